The largest absolute Gasteiger partial charge is 0.373 e. The number of benzene rings is 1. The maximum Gasteiger partial charge on any atom is 0.181 e. The van der Waals surface area contributed by atoms with Crippen molar-refractivity contribution in [2.75, 3.05) is 6.61 Å². The van der Waals surface area contributed by atoms with E-state index in [9.17, 15) is 8.78 Å². The molecule has 0 bridgehead atoms. The second kappa shape index (κ2) is 8.48. The summed E-state index contributed by atoms with van der Waals surface area (Å²) in [6.07, 6.45) is 7.69. The predicted octanol–water partition coefficient (Wildman–Crippen LogP) is 5.60. The minimum atomic E-state index is -0.652. The lowest BCUT2D eigenvalue weighted by Crippen LogP contribution is -2.20. The van der Waals surface area contributed by atoms with Crippen molar-refractivity contribution in [2.24, 2.45) is 7.05 Å². The van der Waals surface area contributed by atoms with E-state index in [2.05, 4.69) is 25.1 Å². The first-order valence-corrected chi connectivity index (χ1v) is 12.2. The zero-order valence-electron chi connectivity index (χ0n) is 20.1. The zero-order valence-corrected chi connectivity index (χ0v) is 20.1. The Morgan fingerprint density at radius 2 is 1.91 bits per heavy atom. The quantitative estimate of drug-likeness (QED) is 0.374. The molecule has 2 fully saturated rings. The van der Waals surface area contributed by atoms with Crippen molar-refractivity contribution in [1.29, 1.82) is 0 Å². The Hall–Kier alpha value is -3.20. The molecular weight excluding hydrogens is 450 g/mol. The van der Waals surface area contributed by atoms with Gasteiger partial charge in [-0.15, -0.1) is 0 Å². The summed E-state index contributed by atoms with van der Waals surface area (Å²) in [4.78, 5) is 14.5. The first-order chi connectivity index (χ1) is 16.9. The SMILES string of the molecule is CC(C)c1nc2nc([C@@H]3CCO[C@@H](c4cnn(C5CC5)c4)C3)nc(-c3ccc(F)cc3F)c2n1C. The van der Waals surface area contributed by atoms with Crippen molar-refractivity contribution < 1.29 is 13.5 Å². The summed E-state index contributed by atoms with van der Waals surface area (Å²) >= 11 is 0. The van der Waals surface area contributed by atoms with Crippen molar-refractivity contribution in [3.05, 3.63) is 59.4 Å². The number of hydrogen-bond acceptors (Lipinski definition) is 5. The van der Waals surface area contributed by atoms with Crippen molar-refractivity contribution >= 4 is 11.2 Å². The van der Waals surface area contributed by atoms with Crippen molar-refractivity contribution in [1.82, 2.24) is 29.3 Å². The summed E-state index contributed by atoms with van der Waals surface area (Å²) in [5.74, 6) is 0.359. The van der Waals surface area contributed by atoms with Crippen LogP contribution in [0, 0.1) is 11.6 Å². The van der Waals surface area contributed by atoms with Crippen molar-refractivity contribution in [2.45, 2.75) is 63.5 Å². The molecule has 1 aliphatic heterocycles. The third-order valence-electron chi connectivity index (χ3n) is 7.05. The van der Waals surface area contributed by atoms with Gasteiger partial charge in [0.25, 0.3) is 0 Å². The van der Waals surface area contributed by atoms with E-state index >= 15 is 0 Å². The fraction of sp³-hybridized carbons (Fsp3) is 0.462. The molecule has 2 aliphatic rings. The van der Waals surface area contributed by atoms with Crippen LogP contribution in [0.3, 0.4) is 0 Å². The van der Waals surface area contributed by atoms with E-state index in [1.54, 1.807) is 0 Å². The number of imidazole rings is 1. The van der Waals surface area contributed by atoms with Gasteiger partial charge in [-0.05, 0) is 37.8 Å². The highest BCUT2D eigenvalue weighted by atomic mass is 19.1. The lowest BCUT2D eigenvalue weighted by molar-refractivity contribution is 0.00396. The average Bonchev–Trinajstić information content (AvgIpc) is 3.47. The number of ether oxygens (including phenoxy) is 1. The molecule has 1 saturated carbocycles. The first kappa shape index (κ1) is 22.3. The number of aromatic nitrogens is 6. The third-order valence-corrected chi connectivity index (χ3v) is 7.05. The van der Waals surface area contributed by atoms with E-state index < -0.39 is 11.6 Å². The van der Waals surface area contributed by atoms with Gasteiger partial charge in [-0.3, -0.25) is 4.68 Å². The Morgan fingerprint density at radius 1 is 1.09 bits per heavy atom. The molecule has 1 saturated heterocycles. The zero-order chi connectivity index (χ0) is 24.3. The molecule has 3 aromatic heterocycles. The van der Waals surface area contributed by atoms with Crippen LogP contribution in [-0.4, -0.2) is 35.9 Å². The maximum atomic E-state index is 14.9. The minimum absolute atomic E-state index is 0.0224. The lowest BCUT2D eigenvalue weighted by Gasteiger charge is -2.28. The van der Waals surface area contributed by atoms with E-state index in [1.807, 2.05) is 22.5 Å². The van der Waals surface area contributed by atoms with Gasteiger partial charge in [-0.2, -0.15) is 5.10 Å². The average molecular weight is 479 g/mol. The summed E-state index contributed by atoms with van der Waals surface area (Å²) < 4.78 is 38.7. The fourth-order valence-electron chi connectivity index (χ4n) is 5.03. The standard InChI is InChI=1S/C26H28F2N6O/c1-14(2)26-32-25-23(33(26)3)22(19-7-4-17(27)11-20(19)28)30-24(31-25)15-8-9-35-21(10-15)16-12-29-34(13-16)18-5-6-18/h4,7,11-15,18,21H,5-6,8-10H2,1-3H3/t15-,21-/m1/s1. The van der Waals surface area contributed by atoms with Gasteiger partial charge < -0.3 is 9.30 Å². The molecule has 35 heavy (non-hydrogen) atoms. The van der Waals surface area contributed by atoms with E-state index in [0.717, 1.165) is 23.9 Å². The molecule has 4 aromatic rings. The fourth-order valence-corrected chi connectivity index (χ4v) is 5.03. The summed E-state index contributed by atoms with van der Waals surface area (Å²) in [6, 6.07) is 4.11. The van der Waals surface area contributed by atoms with E-state index in [1.165, 1.54) is 25.0 Å². The highest BCUT2D eigenvalue weighted by molar-refractivity contribution is 5.88. The van der Waals surface area contributed by atoms with Crippen LogP contribution >= 0.6 is 0 Å². The molecule has 7 nitrogen and oxygen atoms in total. The molecule has 0 radical (unpaired) electrons. The highest BCUT2D eigenvalue weighted by Crippen LogP contribution is 2.40. The van der Waals surface area contributed by atoms with Gasteiger partial charge in [0.1, 0.15) is 34.5 Å². The molecule has 0 spiro atoms. The molecule has 4 heterocycles. The summed E-state index contributed by atoms with van der Waals surface area (Å²) in [5, 5.41) is 4.51. The van der Waals surface area contributed by atoms with Gasteiger partial charge in [-0.25, -0.2) is 23.7 Å². The number of halogens is 2. The molecule has 0 unspecified atom stereocenters. The highest BCUT2D eigenvalue weighted by Gasteiger charge is 2.31. The Labute approximate surface area is 202 Å². The summed E-state index contributed by atoms with van der Waals surface area (Å²) in [7, 11) is 1.89. The third kappa shape index (κ3) is 4.01. The smallest absolute Gasteiger partial charge is 0.181 e. The Kier molecular flexibility index (Phi) is 5.40. The Balaban J connectivity index is 1.42. The normalized spacial score (nSPS) is 20.7. The summed E-state index contributed by atoms with van der Waals surface area (Å²) in [6.45, 7) is 4.68. The molecular formula is C26H28F2N6O. The number of rotatable bonds is 5. The Bertz CT molecular complexity index is 1410. The molecule has 1 aromatic carbocycles. The van der Waals surface area contributed by atoms with Crippen LogP contribution in [0.5, 0.6) is 0 Å². The van der Waals surface area contributed by atoms with Crippen molar-refractivity contribution in [3.63, 3.8) is 0 Å². The molecule has 182 valence electrons. The number of nitrogens with zero attached hydrogens (tertiary/aromatic N) is 6. The van der Waals surface area contributed by atoms with Crippen molar-refractivity contribution in [3.8, 4) is 11.3 Å². The summed E-state index contributed by atoms with van der Waals surface area (Å²) in [5.41, 5.74) is 2.93. The second-order valence-electron chi connectivity index (χ2n) is 9.98. The van der Waals surface area contributed by atoms with Crippen LogP contribution in [0.4, 0.5) is 8.78 Å². The predicted molar refractivity (Wildman–Crippen MR) is 127 cm³/mol. The number of fused-ring (bicyclic) bond motifs is 1. The maximum absolute atomic E-state index is 14.9. The van der Waals surface area contributed by atoms with Crippen LogP contribution in [-0.2, 0) is 11.8 Å². The molecule has 6 rings (SSSR count). The van der Waals surface area contributed by atoms with Crippen LogP contribution < -0.4 is 0 Å². The van der Waals surface area contributed by atoms with Gasteiger partial charge in [0.05, 0.1) is 18.3 Å². The van der Waals surface area contributed by atoms with Crippen LogP contribution in [0.2, 0.25) is 0 Å². The first-order valence-electron chi connectivity index (χ1n) is 12.2. The minimum Gasteiger partial charge on any atom is -0.373 e. The van der Waals surface area contributed by atoms with Gasteiger partial charge >= 0.3 is 0 Å². The second-order valence-corrected chi connectivity index (χ2v) is 9.98. The van der Waals surface area contributed by atoms with E-state index in [4.69, 9.17) is 19.7 Å². The Morgan fingerprint density at radius 3 is 2.66 bits per heavy atom. The molecule has 2 atom stereocenters. The van der Waals surface area contributed by atoms with Crippen LogP contribution in [0.15, 0.2) is 30.6 Å². The number of hydrogen-bond donors (Lipinski definition) is 0. The molecule has 0 amide bonds. The van der Waals surface area contributed by atoms with Gasteiger partial charge in [0, 0.05) is 48.9 Å². The van der Waals surface area contributed by atoms with E-state index in [0.29, 0.717) is 41.8 Å². The van der Waals surface area contributed by atoms with Crippen LogP contribution in [0.1, 0.15) is 80.7 Å². The lowest BCUT2D eigenvalue weighted by atomic mass is 9.92. The number of aryl methyl sites for hydroxylation is 1. The molecule has 9 heteroatoms. The topological polar surface area (TPSA) is 70.7 Å². The molecule has 0 N–H and O–H groups in total. The van der Waals surface area contributed by atoms with E-state index in [-0.39, 0.29) is 23.5 Å². The molecule has 1 aliphatic carbocycles. The van der Waals surface area contributed by atoms with Gasteiger partial charge in [0.2, 0.25) is 0 Å². The van der Waals surface area contributed by atoms with Gasteiger partial charge in [0.15, 0.2) is 5.65 Å². The van der Waals surface area contributed by atoms with Gasteiger partial charge in [-0.1, -0.05) is 13.8 Å². The van der Waals surface area contributed by atoms with Crippen LogP contribution in [0.25, 0.3) is 22.4 Å². The monoisotopic (exact) mass is 478 g/mol.